The largest absolute Gasteiger partial charge is 0.493 e. The topological polar surface area (TPSA) is 62.3 Å². The van der Waals surface area contributed by atoms with Gasteiger partial charge in [0.15, 0.2) is 11.5 Å². The monoisotopic (exact) mass is 261 g/mol. The molecule has 2 aromatic rings. The molecule has 5 heteroatoms. The molecule has 0 saturated carbocycles. The highest BCUT2D eigenvalue weighted by Gasteiger charge is 2.16. The molecule has 0 amide bonds. The highest BCUT2D eigenvalue weighted by Crippen LogP contribution is 2.33. The van der Waals surface area contributed by atoms with E-state index in [0.717, 1.165) is 16.9 Å². The van der Waals surface area contributed by atoms with Crippen molar-refractivity contribution in [2.75, 3.05) is 14.2 Å². The Hall–Kier alpha value is -2.01. The van der Waals surface area contributed by atoms with Gasteiger partial charge < -0.3 is 19.8 Å². The Kier molecular flexibility index (Phi) is 3.76. The molecule has 1 heterocycles. The summed E-state index contributed by atoms with van der Waals surface area (Å²) in [6.07, 6.45) is 1.82. The third kappa shape index (κ3) is 2.29. The van der Waals surface area contributed by atoms with Crippen LogP contribution in [0.15, 0.2) is 24.8 Å². The number of ether oxygens (including phenoxy) is 2. The van der Waals surface area contributed by atoms with E-state index in [4.69, 9.17) is 15.2 Å². The molecular formula is C14H19N3O2. The average Bonchev–Trinajstić information content (AvgIpc) is 2.76. The molecule has 5 nitrogen and oxygen atoms in total. The summed E-state index contributed by atoms with van der Waals surface area (Å²) < 4.78 is 12.6. The predicted molar refractivity (Wildman–Crippen MR) is 75.6 cm³/mol. The second-order valence-corrected chi connectivity index (χ2v) is 4.35. The van der Waals surface area contributed by atoms with Gasteiger partial charge in [0.25, 0.3) is 0 Å². The molecule has 0 bridgehead atoms. The Morgan fingerprint density at radius 1 is 1.37 bits per heavy atom. The molecule has 0 radical (unpaired) electrons. The van der Waals surface area contributed by atoms with Crippen LogP contribution in [0.3, 0.4) is 0 Å². The fraction of sp³-hybridized carbons (Fsp3) is 0.357. The van der Waals surface area contributed by atoms with Gasteiger partial charge in [-0.25, -0.2) is 4.98 Å². The Bertz CT molecular complexity index is 602. The maximum Gasteiger partial charge on any atom is 0.163 e. The van der Waals surface area contributed by atoms with Gasteiger partial charge in [0.2, 0.25) is 0 Å². The first-order chi connectivity index (χ1) is 9.12. The molecule has 2 N–H and O–H groups in total. The molecule has 0 aliphatic heterocycles. The van der Waals surface area contributed by atoms with E-state index in [1.165, 1.54) is 0 Å². The van der Waals surface area contributed by atoms with Gasteiger partial charge in [-0.2, -0.15) is 0 Å². The quantitative estimate of drug-likeness (QED) is 0.839. The molecule has 0 aliphatic carbocycles. The van der Waals surface area contributed by atoms with Crippen molar-refractivity contribution in [3.63, 3.8) is 0 Å². The summed E-state index contributed by atoms with van der Waals surface area (Å²) in [5.74, 6) is 2.16. The molecule has 2 rings (SSSR count). The van der Waals surface area contributed by atoms with E-state index in [9.17, 15) is 0 Å². The number of fused-ring (bicyclic) bond motifs is 1. The zero-order valence-corrected chi connectivity index (χ0v) is 11.5. The lowest BCUT2D eigenvalue weighted by atomic mass is 10.2. The highest BCUT2D eigenvalue weighted by molar-refractivity contribution is 5.80. The number of methoxy groups -OCH3 is 2. The van der Waals surface area contributed by atoms with Crippen LogP contribution in [0.25, 0.3) is 11.0 Å². The van der Waals surface area contributed by atoms with Crippen molar-refractivity contribution >= 4 is 11.0 Å². The number of allylic oxidation sites excluding steroid dienone is 1. The summed E-state index contributed by atoms with van der Waals surface area (Å²) >= 11 is 0. The van der Waals surface area contributed by atoms with E-state index < -0.39 is 0 Å². The van der Waals surface area contributed by atoms with Crippen molar-refractivity contribution in [2.45, 2.75) is 19.5 Å². The zero-order valence-electron chi connectivity index (χ0n) is 11.5. The van der Waals surface area contributed by atoms with Gasteiger partial charge in [-0.1, -0.05) is 6.08 Å². The van der Waals surface area contributed by atoms with Gasteiger partial charge in [0, 0.05) is 18.7 Å². The molecule has 1 unspecified atom stereocenters. The first-order valence-electron chi connectivity index (χ1n) is 6.11. The molecule has 0 saturated heterocycles. The van der Waals surface area contributed by atoms with E-state index in [1.807, 2.05) is 29.7 Å². The van der Waals surface area contributed by atoms with Gasteiger partial charge in [0.1, 0.15) is 5.82 Å². The van der Waals surface area contributed by atoms with Crippen molar-refractivity contribution in [3.8, 4) is 11.5 Å². The van der Waals surface area contributed by atoms with Crippen LogP contribution < -0.4 is 15.2 Å². The molecule has 19 heavy (non-hydrogen) atoms. The fourth-order valence-corrected chi connectivity index (χ4v) is 2.14. The number of hydrogen-bond acceptors (Lipinski definition) is 4. The first kappa shape index (κ1) is 13.4. The van der Waals surface area contributed by atoms with Gasteiger partial charge in [-0.15, -0.1) is 6.58 Å². The maximum absolute atomic E-state index is 5.97. The van der Waals surface area contributed by atoms with E-state index in [-0.39, 0.29) is 6.04 Å². The van der Waals surface area contributed by atoms with Crippen LogP contribution in [-0.4, -0.2) is 23.8 Å². The molecule has 1 atom stereocenters. The van der Waals surface area contributed by atoms with Crippen molar-refractivity contribution in [3.05, 3.63) is 30.6 Å². The van der Waals surface area contributed by atoms with Crippen molar-refractivity contribution < 1.29 is 9.47 Å². The molecule has 0 aliphatic rings. The minimum atomic E-state index is -0.149. The number of aromatic nitrogens is 2. The molecule has 1 aromatic carbocycles. The molecule has 1 aromatic heterocycles. The normalized spacial score (nSPS) is 12.4. The van der Waals surface area contributed by atoms with Gasteiger partial charge in [-0.05, 0) is 6.92 Å². The van der Waals surface area contributed by atoms with Crippen LogP contribution in [0.1, 0.15) is 18.8 Å². The lowest BCUT2D eigenvalue weighted by Crippen LogP contribution is -2.13. The number of nitrogens with zero attached hydrogens (tertiary/aromatic N) is 2. The molecule has 102 valence electrons. The summed E-state index contributed by atoms with van der Waals surface area (Å²) in [5, 5.41) is 0. The van der Waals surface area contributed by atoms with Gasteiger partial charge >= 0.3 is 0 Å². The Balaban J connectivity index is 2.72. The second-order valence-electron chi connectivity index (χ2n) is 4.35. The van der Waals surface area contributed by atoms with Gasteiger partial charge in [-0.3, -0.25) is 0 Å². The summed E-state index contributed by atoms with van der Waals surface area (Å²) in [5.41, 5.74) is 7.77. The van der Waals surface area contributed by atoms with Crippen LogP contribution in [-0.2, 0) is 6.54 Å². The maximum atomic E-state index is 5.97. The molecule has 0 fully saturated rings. The zero-order chi connectivity index (χ0) is 14.0. The third-order valence-corrected chi connectivity index (χ3v) is 3.00. The lowest BCUT2D eigenvalue weighted by molar-refractivity contribution is 0.355. The SMILES string of the molecule is C=CCn1c(C(C)N)nc2cc(OC)c(OC)cc21. The van der Waals surface area contributed by atoms with E-state index in [2.05, 4.69) is 11.6 Å². The van der Waals surface area contributed by atoms with E-state index in [1.54, 1.807) is 14.2 Å². The molecule has 0 spiro atoms. The summed E-state index contributed by atoms with van der Waals surface area (Å²) in [6.45, 7) is 6.34. The second kappa shape index (κ2) is 5.32. The van der Waals surface area contributed by atoms with Crippen LogP contribution in [0.4, 0.5) is 0 Å². The van der Waals surface area contributed by atoms with E-state index >= 15 is 0 Å². The number of nitrogens with two attached hydrogens (primary N) is 1. The Labute approximate surface area is 112 Å². The summed E-state index contributed by atoms with van der Waals surface area (Å²) in [7, 11) is 3.22. The minimum Gasteiger partial charge on any atom is -0.493 e. The highest BCUT2D eigenvalue weighted by atomic mass is 16.5. The number of hydrogen-bond donors (Lipinski definition) is 1. The van der Waals surface area contributed by atoms with Gasteiger partial charge in [0.05, 0.1) is 31.3 Å². The first-order valence-corrected chi connectivity index (χ1v) is 6.11. The summed E-state index contributed by atoms with van der Waals surface area (Å²) in [4.78, 5) is 4.57. The van der Waals surface area contributed by atoms with Crippen LogP contribution in [0.2, 0.25) is 0 Å². The predicted octanol–water partition coefficient (Wildman–Crippen LogP) is 2.26. The third-order valence-electron chi connectivity index (χ3n) is 3.00. The number of benzene rings is 1. The van der Waals surface area contributed by atoms with Crippen molar-refractivity contribution in [2.24, 2.45) is 5.73 Å². The molecular weight excluding hydrogens is 242 g/mol. The van der Waals surface area contributed by atoms with Crippen molar-refractivity contribution in [1.82, 2.24) is 9.55 Å². The Morgan fingerprint density at radius 2 is 2.00 bits per heavy atom. The Morgan fingerprint density at radius 3 is 2.53 bits per heavy atom. The average molecular weight is 261 g/mol. The standard InChI is InChI=1S/C14H19N3O2/c1-5-6-17-11-8-13(19-4)12(18-3)7-10(11)16-14(17)9(2)15/h5,7-9H,1,6,15H2,2-4H3. The smallest absolute Gasteiger partial charge is 0.163 e. The minimum absolute atomic E-state index is 0.149. The fourth-order valence-electron chi connectivity index (χ4n) is 2.14. The van der Waals surface area contributed by atoms with Crippen LogP contribution >= 0.6 is 0 Å². The number of imidazole rings is 1. The van der Waals surface area contributed by atoms with Crippen LogP contribution in [0.5, 0.6) is 11.5 Å². The number of rotatable bonds is 5. The summed E-state index contributed by atoms with van der Waals surface area (Å²) in [6, 6.07) is 3.63. The van der Waals surface area contributed by atoms with Crippen molar-refractivity contribution in [1.29, 1.82) is 0 Å². The van der Waals surface area contributed by atoms with E-state index in [0.29, 0.717) is 18.0 Å². The lowest BCUT2D eigenvalue weighted by Gasteiger charge is -2.10. The van der Waals surface area contributed by atoms with Crippen LogP contribution in [0, 0.1) is 0 Å².